The van der Waals surface area contributed by atoms with Crippen LogP contribution < -0.4 is 5.32 Å². The summed E-state index contributed by atoms with van der Waals surface area (Å²) >= 11 is 0. The van der Waals surface area contributed by atoms with Gasteiger partial charge >= 0.3 is 5.97 Å². The van der Waals surface area contributed by atoms with E-state index in [1.54, 1.807) is 6.92 Å². The zero-order chi connectivity index (χ0) is 15.1. The predicted molar refractivity (Wildman–Crippen MR) is 75.3 cm³/mol. The molecule has 114 valence electrons. The van der Waals surface area contributed by atoms with Crippen molar-refractivity contribution in [2.45, 2.75) is 51.2 Å². The van der Waals surface area contributed by atoms with Gasteiger partial charge in [-0.2, -0.15) is 0 Å². The van der Waals surface area contributed by atoms with E-state index >= 15 is 0 Å². The molecule has 0 amide bonds. The van der Waals surface area contributed by atoms with E-state index in [9.17, 15) is 4.79 Å². The van der Waals surface area contributed by atoms with E-state index in [2.05, 4.69) is 15.3 Å². The Morgan fingerprint density at radius 3 is 2.90 bits per heavy atom. The van der Waals surface area contributed by atoms with Crippen LogP contribution in [0.15, 0.2) is 5.11 Å². The molecule has 0 aromatic rings. The summed E-state index contributed by atoms with van der Waals surface area (Å²) < 4.78 is 11.0. The highest BCUT2D eigenvalue weighted by Gasteiger charge is 2.48. The number of hydrogen-bond acceptors (Lipinski definition) is 5. The topological polar surface area (TPSA) is 96.3 Å². The van der Waals surface area contributed by atoms with Gasteiger partial charge in [0, 0.05) is 31.0 Å². The van der Waals surface area contributed by atoms with Gasteiger partial charge in [0.2, 0.25) is 0 Å². The molecule has 0 radical (unpaired) electrons. The molecule has 1 saturated heterocycles. The van der Waals surface area contributed by atoms with Crippen molar-refractivity contribution in [1.82, 2.24) is 5.32 Å². The molecule has 1 fully saturated rings. The largest absolute Gasteiger partial charge is 0.465 e. The minimum absolute atomic E-state index is 0.246. The Kier molecular flexibility index (Phi) is 6.26. The Morgan fingerprint density at radius 2 is 2.30 bits per heavy atom. The van der Waals surface area contributed by atoms with E-state index in [1.165, 1.54) is 0 Å². The van der Waals surface area contributed by atoms with Gasteiger partial charge in [0.15, 0.2) is 0 Å². The van der Waals surface area contributed by atoms with Crippen LogP contribution in [0.1, 0.15) is 40.0 Å². The van der Waals surface area contributed by atoms with Gasteiger partial charge in [0.1, 0.15) is 5.54 Å². The number of rotatable bonds is 7. The Labute approximate surface area is 119 Å². The third kappa shape index (κ3) is 4.10. The van der Waals surface area contributed by atoms with Crippen molar-refractivity contribution in [2.75, 3.05) is 26.3 Å². The Bertz CT molecular complexity index is 384. The van der Waals surface area contributed by atoms with Crippen LogP contribution in [0, 0.1) is 0 Å². The maximum absolute atomic E-state index is 12.3. The summed E-state index contributed by atoms with van der Waals surface area (Å²) in [7, 11) is 0. The van der Waals surface area contributed by atoms with E-state index in [-0.39, 0.29) is 11.6 Å². The van der Waals surface area contributed by atoms with Gasteiger partial charge in [-0.05, 0) is 32.2 Å². The molecule has 0 bridgehead atoms. The molecule has 1 aliphatic heterocycles. The highest BCUT2D eigenvalue weighted by molar-refractivity contribution is 5.81. The number of hydrogen-bond donors (Lipinski definition) is 1. The maximum atomic E-state index is 12.3. The third-order valence-electron chi connectivity index (χ3n) is 3.81. The molecule has 7 heteroatoms. The second-order valence-corrected chi connectivity index (χ2v) is 5.26. The average molecular weight is 284 g/mol. The first-order chi connectivity index (χ1) is 9.52. The van der Waals surface area contributed by atoms with Crippen LogP contribution in [0.2, 0.25) is 0 Å². The van der Waals surface area contributed by atoms with Crippen molar-refractivity contribution >= 4 is 5.97 Å². The number of nitrogens with zero attached hydrogens (tertiary/aromatic N) is 3. The summed E-state index contributed by atoms with van der Waals surface area (Å²) in [4.78, 5) is 15.1. The lowest BCUT2D eigenvalue weighted by atomic mass is 9.79. The van der Waals surface area contributed by atoms with Gasteiger partial charge in [0.05, 0.1) is 12.2 Å². The van der Waals surface area contributed by atoms with E-state index in [1.807, 2.05) is 13.8 Å². The quantitative estimate of drug-likeness (QED) is 0.255. The lowest BCUT2D eigenvalue weighted by Gasteiger charge is -2.44. The fourth-order valence-corrected chi connectivity index (χ4v) is 2.53. The highest BCUT2D eigenvalue weighted by atomic mass is 16.5. The van der Waals surface area contributed by atoms with Gasteiger partial charge in [0.25, 0.3) is 0 Å². The molecule has 0 aromatic carbocycles. The van der Waals surface area contributed by atoms with Crippen molar-refractivity contribution < 1.29 is 14.3 Å². The normalized spacial score (nSPS) is 29.6. The van der Waals surface area contributed by atoms with Crippen LogP contribution in [-0.4, -0.2) is 43.4 Å². The van der Waals surface area contributed by atoms with Crippen LogP contribution >= 0.6 is 0 Å². The lowest BCUT2D eigenvalue weighted by molar-refractivity contribution is -0.166. The number of esters is 1. The van der Waals surface area contributed by atoms with Gasteiger partial charge in [-0.1, -0.05) is 12.0 Å². The molecule has 1 heterocycles. The van der Waals surface area contributed by atoms with Crippen LogP contribution in [-0.2, 0) is 14.3 Å². The van der Waals surface area contributed by atoms with Gasteiger partial charge in [-0.3, -0.25) is 4.79 Å². The van der Waals surface area contributed by atoms with E-state index in [0.717, 1.165) is 6.42 Å². The summed E-state index contributed by atoms with van der Waals surface area (Å²) in [6, 6.07) is 0. The summed E-state index contributed by atoms with van der Waals surface area (Å²) in [5, 5.41) is 6.71. The summed E-state index contributed by atoms with van der Waals surface area (Å²) in [6.07, 6.45) is 1.95. The molecule has 0 spiro atoms. The van der Waals surface area contributed by atoms with Crippen LogP contribution in [0.4, 0.5) is 0 Å². The molecule has 2 atom stereocenters. The van der Waals surface area contributed by atoms with Gasteiger partial charge in [-0.25, -0.2) is 0 Å². The van der Waals surface area contributed by atoms with Crippen LogP contribution in [0.5, 0.6) is 0 Å². The van der Waals surface area contributed by atoms with Crippen molar-refractivity contribution in [3.8, 4) is 0 Å². The molecule has 0 aliphatic carbocycles. The van der Waals surface area contributed by atoms with Crippen molar-refractivity contribution in [3.63, 3.8) is 0 Å². The molecule has 1 rings (SSSR count). The number of nitrogens with one attached hydrogen (secondary N) is 1. The molecular weight excluding hydrogens is 260 g/mol. The first-order valence-electron chi connectivity index (χ1n) is 7.09. The summed E-state index contributed by atoms with van der Waals surface area (Å²) in [5.74, 6) is -0.246. The highest BCUT2D eigenvalue weighted by Crippen LogP contribution is 2.35. The Hall–Kier alpha value is -1.30. The molecule has 0 saturated carbocycles. The number of carbonyl (C=O) groups is 1. The smallest absolute Gasteiger partial charge is 0.326 e. The molecule has 2 unspecified atom stereocenters. The van der Waals surface area contributed by atoms with Crippen LogP contribution in [0.3, 0.4) is 0 Å². The fraction of sp³-hybridized carbons (Fsp3) is 0.923. The van der Waals surface area contributed by atoms with E-state index < -0.39 is 5.54 Å². The first-order valence-corrected chi connectivity index (χ1v) is 7.09. The molecule has 20 heavy (non-hydrogen) atoms. The zero-order valence-corrected chi connectivity index (χ0v) is 12.5. The second-order valence-electron chi connectivity index (χ2n) is 5.26. The minimum Gasteiger partial charge on any atom is -0.465 e. The van der Waals surface area contributed by atoms with E-state index in [4.69, 9.17) is 15.0 Å². The maximum Gasteiger partial charge on any atom is 0.326 e. The average Bonchev–Trinajstić information content (AvgIpc) is 2.44. The molecule has 1 N–H and O–H groups in total. The standard InChI is InChI=1S/C13H24N4O3/c1-4-12(3)10-13(6-9-20-12,11(18)19-5-2)15-7-8-16-17-14/h15H,4-10H2,1-3H3. The Balaban J connectivity index is 2.83. The number of carbonyl (C=O) groups excluding carboxylic acids is 1. The van der Waals surface area contributed by atoms with Crippen molar-refractivity contribution in [1.29, 1.82) is 0 Å². The Morgan fingerprint density at radius 1 is 1.55 bits per heavy atom. The van der Waals surface area contributed by atoms with Crippen molar-refractivity contribution in [3.05, 3.63) is 10.4 Å². The summed E-state index contributed by atoms with van der Waals surface area (Å²) in [5.41, 5.74) is 7.22. The van der Waals surface area contributed by atoms with Crippen molar-refractivity contribution in [2.24, 2.45) is 5.11 Å². The molecule has 0 aromatic heterocycles. The molecular formula is C13H24N4O3. The third-order valence-corrected chi connectivity index (χ3v) is 3.81. The summed E-state index contributed by atoms with van der Waals surface area (Å²) in [6.45, 7) is 7.46. The van der Waals surface area contributed by atoms with E-state index in [0.29, 0.717) is 39.1 Å². The second kappa shape index (κ2) is 7.47. The van der Waals surface area contributed by atoms with Gasteiger partial charge < -0.3 is 14.8 Å². The monoisotopic (exact) mass is 284 g/mol. The predicted octanol–water partition coefficient (Wildman–Crippen LogP) is 2.17. The number of azide groups is 1. The number of ether oxygens (including phenoxy) is 2. The molecule has 7 nitrogen and oxygen atoms in total. The van der Waals surface area contributed by atoms with Gasteiger partial charge in [-0.15, -0.1) is 0 Å². The first kappa shape index (κ1) is 16.8. The fourth-order valence-electron chi connectivity index (χ4n) is 2.53. The minimum atomic E-state index is -0.746. The lowest BCUT2D eigenvalue weighted by Crippen LogP contribution is -2.61. The SMILES string of the molecule is CCOC(=O)C1(NCCN=[N+]=[N-])CCOC(C)(CC)C1. The van der Waals surface area contributed by atoms with Crippen LogP contribution in [0.25, 0.3) is 10.4 Å². The molecule has 1 aliphatic rings. The zero-order valence-electron chi connectivity index (χ0n) is 12.5.